The molecular weight excluding hydrogens is 328 g/mol. The van der Waals surface area contributed by atoms with E-state index in [2.05, 4.69) is 4.40 Å². The molecule has 1 aromatic carbocycles. The van der Waals surface area contributed by atoms with E-state index in [1.165, 1.54) is 0 Å². The van der Waals surface area contributed by atoms with E-state index in [9.17, 15) is 8.42 Å². The van der Waals surface area contributed by atoms with E-state index in [0.717, 1.165) is 37.9 Å². The van der Waals surface area contributed by atoms with E-state index in [1.54, 1.807) is 6.07 Å². The van der Waals surface area contributed by atoms with Gasteiger partial charge in [-0.2, -0.15) is 0 Å². The van der Waals surface area contributed by atoms with Crippen molar-refractivity contribution in [3.05, 3.63) is 41.0 Å². The largest absolute Gasteiger partial charge is 0.383 e. The maximum atomic E-state index is 11.7. The summed E-state index contributed by atoms with van der Waals surface area (Å²) in [6.45, 7) is 1.37. The second-order valence-electron chi connectivity index (χ2n) is 5.94. The zero-order chi connectivity index (χ0) is 17.0. The number of hydrogen-bond donors (Lipinski definition) is 1. The van der Waals surface area contributed by atoms with Gasteiger partial charge in [0.2, 0.25) is 0 Å². The van der Waals surface area contributed by atoms with Crippen LogP contribution in [0.3, 0.4) is 0 Å². The molecule has 2 aliphatic rings. The number of hydrogen-bond acceptors (Lipinski definition) is 5. The van der Waals surface area contributed by atoms with Crippen molar-refractivity contribution in [2.75, 3.05) is 13.2 Å². The first-order valence-corrected chi connectivity index (χ1v) is 9.76. The zero-order valence-corrected chi connectivity index (χ0v) is 14.3. The Kier molecular flexibility index (Phi) is 5.33. The fourth-order valence-corrected chi connectivity index (χ4v) is 4.03. The normalized spacial score (nSPS) is 23.0. The lowest BCUT2D eigenvalue weighted by Crippen LogP contribution is -2.24. The number of sulfonamides is 1. The Balaban J connectivity index is 1.62. The second kappa shape index (κ2) is 7.46. The maximum absolute atomic E-state index is 11.7. The molecule has 1 atom stereocenters. The van der Waals surface area contributed by atoms with Crippen LogP contribution < -0.4 is 5.73 Å². The van der Waals surface area contributed by atoms with Crippen molar-refractivity contribution in [3.63, 3.8) is 0 Å². The van der Waals surface area contributed by atoms with E-state index in [0.29, 0.717) is 17.7 Å². The smallest absolute Gasteiger partial charge is 0.259 e. The number of benzene rings is 1. The minimum Gasteiger partial charge on any atom is -0.383 e. The van der Waals surface area contributed by atoms with Crippen LogP contribution in [0.25, 0.3) is 6.08 Å². The van der Waals surface area contributed by atoms with Gasteiger partial charge < -0.3 is 15.2 Å². The van der Waals surface area contributed by atoms with Crippen LogP contribution in [0.1, 0.15) is 42.4 Å². The highest BCUT2D eigenvalue weighted by Gasteiger charge is 2.23. The molecule has 0 aromatic heterocycles. The van der Waals surface area contributed by atoms with Gasteiger partial charge in [0.25, 0.3) is 10.0 Å². The van der Waals surface area contributed by atoms with Crippen molar-refractivity contribution in [3.8, 4) is 0 Å². The zero-order valence-electron chi connectivity index (χ0n) is 13.5. The van der Waals surface area contributed by atoms with Gasteiger partial charge >= 0.3 is 0 Å². The van der Waals surface area contributed by atoms with Gasteiger partial charge in [0, 0.05) is 12.2 Å². The number of nitrogens with two attached hydrogens (primary N) is 1. The first-order valence-electron chi connectivity index (χ1n) is 8.15. The van der Waals surface area contributed by atoms with E-state index in [-0.39, 0.29) is 17.9 Å². The van der Waals surface area contributed by atoms with E-state index >= 15 is 0 Å². The molecule has 3 rings (SSSR count). The number of ether oxygens (including phenoxy) is 2. The Hall–Kier alpha value is -1.70. The van der Waals surface area contributed by atoms with Crippen LogP contribution in [0, 0.1) is 0 Å². The molecule has 2 N–H and O–H groups in total. The highest BCUT2D eigenvalue weighted by molar-refractivity contribution is 7.89. The quantitative estimate of drug-likeness (QED) is 0.822. The average Bonchev–Trinajstić information content (AvgIpc) is 2.54. The summed E-state index contributed by atoms with van der Waals surface area (Å²) >= 11 is 0. The summed E-state index contributed by atoms with van der Waals surface area (Å²) in [5, 5.41) is 0. The molecule has 130 valence electrons. The van der Waals surface area contributed by atoms with Crippen molar-refractivity contribution in [1.82, 2.24) is 0 Å². The molecule has 1 saturated heterocycles. The summed E-state index contributed by atoms with van der Waals surface area (Å²) in [4.78, 5) is 0. The Morgan fingerprint density at radius 1 is 1.38 bits per heavy atom. The van der Waals surface area contributed by atoms with Gasteiger partial charge in [-0.15, -0.1) is 4.40 Å². The van der Waals surface area contributed by atoms with Crippen LogP contribution >= 0.6 is 0 Å². The van der Waals surface area contributed by atoms with Gasteiger partial charge in [-0.1, -0.05) is 30.4 Å². The van der Waals surface area contributed by atoms with Gasteiger partial charge in [0.1, 0.15) is 5.84 Å². The molecule has 0 aliphatic carbocycles. The third-order valence-corrected chi connectivity index (χ3v) is 5.19. The second-order valence-corrected chi connectivity index (χ2v) is 7.58. The Morgan fingerprint density at radius 3 is 3.04 bits per heavy atom. The molecule has 7 heteroatoms. The number of fused-ring (bicyclic) bond motifs is 1. The molecule has 24 heavy (non-hydrogen) atoms. The highest BCUT2D eigenvalue weighted by atomic mass is 32.2. The topological polar surface area (TPSA) is 91.0 Å². The van der Waals surface area contributed by atoms with Crippen molar-refractivity contribution >= 4 is 21.9 Å². The number of amidine groups is 1. The molecule has 1 fully saturated rings. The van der Waals surface area contributed by atoms with Crippen LogP contribution in [0.5, 0.6) is 0 Å². The minimum atomic E-state index is -3.50. The summed E-state index contributed by atoms with van der Waals surface area (Å²) in [5.74, 6) is -0.0457. The third-order valence-electron chi connectivity index (χ3n) is 4.04. The van der Waals surface area contributed by atoms with Gasteiger partial charge in [-0.25, -0.2) is 8.42 Å². The molecule has 1 unspecified atom stereocenters. The molecule has 2 heterocycles. The predicted octanol–water partition coefficient (Wildman–Crippen LogP) is 2.18. The van der Waals surface area contributed by atoms with Gasteiger partial charge in [0.15, 0.2) is 6.29 Å². The third kappa shape index (κ3) is 4.23. The van der Waals surface area contributed by atoms with Crippen molar-refractivity contribution < 1.29 is 17.9 Å². The maximum Gasteiger partial charge on any atom is 0.259 e. The standard InChI is InChI=1S/C17H22N2O4S/c18-17-16-13(7-5-8-14(16)12-24(20,21)19-17)6-1-3-10-22-15-9-2-4-11-23-15/h1,5-8,15H,2-4,9-12H2,(H2,18,19)/b6-1+. The van der Waals surface area contributed by atoms with Crippen LogP contribution in [0.15, 0.2) is 28.7 Å². The van der Waals surface area contributed by atoms with Gasteiger partial charge in [-0.3, -0.25) is 0 Å². The number of nitrogens with zero attached hydrogens (tertiary/aromatic N) is 1. The molecule has 2 aliphatic heterocycles. The summed E-state index contributed by atoms with van der Waals surface area (Å²) in [6, 6.07) is 5.51. The monoisotopic (exact) mass is 350 g/mol. The Labute approximate surface area is 142 Å². The molecule has 0 saturated carbocycles. The van der Waals surface area contributed by atoms with Crippen LogP contribution in [0.4, 0.5) is 0 Å². The van der Waals surface area contributed by atoms with E-state index < -0.39 is 10.0 Å². The molecule has 0 spiro atoms. The summed E-state index contributed by atoms with van der Waals surface area (Å²) in [5.41, 5.74) is 8.12. The lowest BCUT2D eigenvalue weighted by atomic mass is 10.0. The molecule has 1 aromatic rings. The Bertz CT molecular complexity index is 750. The summed E-state index contributed by atoms with van der Waals surface area (Å²) < 4.78 is 38.2. The van der Waals surface area contributed by atoms with Crippen molar-refractivity contribution in [2.45, 2.75) is 37.7 Å². The SMILES string of the molecule is NC1=NS(=O)(=O)Cc2cccc(/C=C/CCOC3CCCCO3)c21. The van der Waals surface area contributed by atoms with Crippen LogP contribution in [-0.2, 0) is 25.2 Å². The summed E-state index contributed by atoms with van der Waals surface area (Å²) in [6.07, 6.45) is 7.81. The Morgan fingerprint density at radius 2 is 2.25 bits per heavy atom. The van der Waals surface area contributed by atoms with Crippen molar-refractivity contribution in [1.29, 1.82) is 0 Å². The lowest BCUT2D eigenvalue weighted by molar-refractivity contribution is -0.161. The molecule has 6 nitrogen and oxygen atoms in total. The van der Waals surface area contributed by atoms with E-state index in [1.807, 2.05) is 24.3 Å². The molecule has 0 bridgehead atoms. The molecular formula is C17H22N2O4S. The minimum absolute atomic E-state index is 0.0587. The van der Waals surface area contributed by atoms with E-state index in [4.69, 9.17) is 15.2 Å². The molecule has 0 radical (unpaired) electrons. The highest BCUT2D eigenvalue weighted by Crippen LogP contribution is 2.24. The van der Waals surface area contributed by atoms with Crippen LogP contribution in [0.2, 0.25) is 0 Å². The predicted molar refractivity (Wildman–Crippen MR) is 93.0 cm³/mol. The average molecular weight is 350 g/mol. The fraction of sp³-hybridized carbons (Fsp3) is 0.471. The lowest BCUT2D eigenvalue weighted by Gasteiger charge is -2.22. The molecule has 0 amide bonds. The fourth-order valence-electron chi connectivity index (χ4n) is 2.94. The first kappa shape index (κ1) is 17.1. The first-order chi connectivity index (χ1) is 11.6. The number of rotatable bonds is 5. The van der Waals surface area contributed by atoms with Crippen LogP contribution in [-0.4, -0.2) is 33.8 Å². The summed E-state index contributed by atoms with van der Waals surface area (Å²) in [7, 11) is -3.50. The van der Waals surface area contributed by atoms with Gasteiger partial charge in [-0.05, 0) is 36.8 Å². The van der Waals surface area contributed by atoms with Crippen molar-refractivity contribution in [2.24, 2.45) is 10.1 Å². The van der Waals surface area contributed by atoms with Gasteiger partial charge in [0.05, 0.1) is 12.4 Å².